The van der Waals surface area contributed by atoms with E-state index >= 15 is 0 Å². The molecule has 0 radical (unpaired) electrons. The average Bonchev–Trinajstić information content (AvgIpc) is 2.98. The molecule has 1 unspecified atom stereocenters. The SMILES string of the molecule is CCCCC(O)COC(=O)[C@]1(O)C[C@@H](OC(=O)/C=C/c2ccc(O)c(O)c2)[C@@H](O)[C@H](OC(=O)/C=C/c2ccc(O)c(O)c2)C1. The summed E-state index contributed by atoms with van der Waals surface area (Å²) in [6.07, 6.45) is -0.748. The van der Waals surface area contributed by atoms with Gasteiger partial charge in [-0.25, -0.2) is 14.4 Å². The van der Waals surface area contributed by atoms with Crippen LogP contribution in [0, 0.1) is 0 Å². The van der Waals surface area contributed by atoms with Crippen LogP contribution in [-0.2, 0) is 28.6 Å². The Hall–Kier alpha value is -4.59. The largest absolute Gasteiger partial charge is 0.504 e. The summed E-state index contributed by atoms with van der Waals surface area (Å²) in [4.78, 5) is 38.1. The predicted molar refractivity (Wildman–Crippen MR) is 154 cm³/mol. The van der Waals surface area contributed by atoms with Crippen molar-refractivity contribution in [2.45, 2.75) is 69.0 Å². The zero-order valence-corrected chi connectivity index (χ0v) is 23.9. The molecule has 0 aromatic heterocycles. The van der Waals surface area contributed by atoms with Crippen molar-refractivity contribution in [3.63, 3.8) is 0 Å². The van der Waals surface area contributed by atoms with Crippen molar-refractivity contribution in [2.24, 2.45) is 0 Å². The molecule has 0 amide bonds. The zero-order chi connectivity index (χ0) is 32.4. The summed E-state index contributed by atoms with van der Waals surface area (Å²) in [6.45, 7) is 1.51. The van der Waals surface area contributed by atoms with Gasteiger partial charge in [0.25, 0.3) is 0 Å². The number of phenols is 4. The number of aromatic hydroxyl groups is 4. The fourth-order valence-electron chi connectivity index (χ4n) is 4.44. The molecule has 13 nitrogen and oxygen atoms in total. The van der Waals surface area contributed by atoms with Crippen molar-refractivity contribution < 1.29 is 64.3 Å². The van der Waals surface area contributed by atoms with E-state index in [4.69, 9.17) is 14.2 Å². The first kappa shape index (κ1) is 33.9. The Balaban J connectivity index is 1.76. The fourth-order valence-corrected chi connectivity index (χ4v) is 4.44. The van der Waals surface area contributed by atoms with E-state index in [1.165, 1.54) is 48.6 Å². The summed E-state index contributed by atoms with van der Waals surface area (Å²) < 4.78 is 15.7. The Morgan fingerprint density at radius 3 is 1.77 bits per heavy atom. The van der Waals surface area contributed by atoms with E-state index in [1.54, 1.807) is 0 Å². The van der Waals surface area contributed by atoms with Gasteiger partial charge < -0.3 is 50.0 Å². The van der Waals surface area contributed by atoms with Crippen LogP contribution in [0.25, 0.3) is 12.2 Å². The molecule has 1 saturated carbocycles. The summed E-state index contributed by atoms with van der Waals surface area (Å²) in [5, 5.41) is 70.4. The lowest BCUT2D eigenvalue weighted by molar-refractivity contribution is -0.207. The van der Waals surface area contributed by atoms with E-state index in [0.29, 0.717) is 24.0 Å². The van der Waals surface area contributed by atoms with Crippen LogP contribution >= 0.6 is 0 Å². The number of rotatable bonds is 12. The van der Waals surface area contributed by atoms with Gasteiger partial charge in [-0.15, -0.1) is 0 Å². The Morgan fingerprint density at radius 2 is 1.34 bits per heavy atom. The molecule has 238 valence electrons. The number of ether oxygens (including phenoxy) is 3. The van der Waals surface area contributed by atoms with Gasteiger partial charge in [0.1, 0.15) is 24.9 Å². The number of hydrogen-bond acceptors (Lipinski definition) is 13. The van der Waals surface area contributed by atoms with Gasteiger partial charge in [0.05, 0.1) is 6.10 Å². The monoisotopic (exact) mass is 616 g/mol. The van der Waals surface area contributed by atoms with Gasteiger partial charge in [-0.1, -0.05) is 31.9 Å². The second kappa shape index (κ2) is 15.2. The summed E-state index contributed by atoms with van der Waals surface area (Å²) >= 11 is 0. The number of aliphatic hydroxyl groups excluding tert-OH is 2. The van der Waals surface area contributed by atoms with Gasteiger partial charge in [-0.3, -0.25) is 0 Å². The number of esters is 3. The lowest BCUT2D eigenvalue weighted by Gasteiger charge is -2.41. The molecule has 1 fully saturated rings. The van der Waals surface area contributed by atoms with Crippen molar-refractivity contribution in [1.82, 2.24) is 0 Å². The minimum absolute atomic E-state index is 0.323. The third kappa shape index (κ3) is 9.46. The maximum Gasteiger partial charge on any atom is 0.338 e. The Kier molecular flexibility index (Phi) is 11.7. The van der Waals surface area contributed by atoms with Crippen LogP contribution in [0.2, 0.25) is 0 Å². The molecule has 3 rings (SSSR count). The van der Waals surface area contributed by atoms with Gasteiger partial charge >= 0.3 is 17.9 Å². The van der Waals surface area contributed by atoms with E-state index in [-0.39, 0.29) is 11.5 Å². The molecule has 2 aromatic carbocycles. The number of carbonyl (C=O) groups is 3. The van der Waals surface area contributed by atoms with Crippen molar-refractivity contribution in [3.05, 3.63) is 59.7 Å². The third-order valence-electron chi connectivity index (χ3n) is 6.87. The average molecular weight is 617 g/mol. The minimum Gasteiger partial charge on any atom is -0.504 e. The summed E-state index contributed by atoms with van der Waals surface area (Å²) in [5.74, 6) is -4.77. The fraction of sp³-hybridized carbons (Fsp3) is 0.387. The number of benzene rings is 2. The normalized spacial score (nSPS) is 22.5. The molecule has 3 atom stereocenters. The minimum atomic E-state index is -2.38. The van der Waals surface area contributed by atoms with Gasteiger partial charge in [0.2, 0.25) is 0 Å². The van der Waals surface area contributed by atoms with E-state index in [9.17, 15) is 50.1 Å². The molecule has 0 saturated heterocycles. The molecule has 7 N–H and O–H groups in total. The van der Waals surface area contributed by atoms with E-state index in [0.717, 1.165) is 18.6 Å². The van der Waals surface area contributed by atoms with Crippen molar-refractivity contribution in [1.29, 1.82) is 0 Å². The molecular formula is C31H36O13. The van der Waals surface area contributed by atoms with Crippen LogP contribution in [0.3, 0.4) is 0 Å². The molecule has 44 heavy (non-hydrogen) atoms. The van der Waals surface area contributed by atoms with Crippen LogP contribution in [0.1, 0.15) is 50.2 Å². The molecule has 13 heteroatoms. The lowest BCUT2D eigenvalue weighted by atomic mass is 9.79. The van der Waals surface area contributed by atoms with Gasteiger partial charge in [0.15, 0.2) is 28.6 Å². The van der Waals surface area contributed by atoms with Crippen molar-refractivity contribution in [2.75, 3.05) is 6.61 Å². The molecule has 1 aliphatic rings. The standard InChI is InChI=1S/C31H36O13/c1-2-3-4-20(32)17-42-30(40)31(41)15-25(43-27(37)11-7-18-5-9-21(33)23(35)13-18)29(39)26(16-31)44-28(38)12-8-19-6-10-22(34)24(36)14-19/h5-14,20,25-26,29,32-36,39,41H,2-4,15-17H2,1H3/b11-7+,12-8+/t20?,25-,26-,29-,31+/m1/s1. The Morgan fingerprint density at radius 1 is 0.864 bits per heavy atom. The van der Waals surface area contributed by atoms with Gasteiger partial charge in [0, 0.05) is 25.0 Å². The maximum absolute atomic E-state index is 12.9. The molecule has 0 bridgehead atoms. The van der Waals surface area contributed by atoms with E-state index in [2.05, 4.69) is 0 Å². The zero-order valence-electron chi connectivity index (χ0n) is 23.9. The van der Waals surface area contributed by atoms with Crippen LogP contribution in [0.5, 0.6) is 23.0 Å². The highest BCUT2D eigenvalue weighted by Gasteiger charge is 2.53. The molecule has 0 spiro atoms. The van der Waals surface area contributed by atoms with Crippen molar-refractivity contribution in [3.8, 4) is 23.0 Å². The molecule has 0 heterocycles. The van der Waals surface area contributed by atoms with Crippen LogP contribution in [0.15, 0.2) is 48.6 Å². The highest BCUT2D eigenvalue weighted by Crippen LogP contribution is 2.34. The lowest BCUT2D eigenvalue weighted by Crippen LogP contribution is -2.58. The maximum atomic E-state index is 12.9. The number of unbranched alkanes of at least 4 members (excludes halogenated alkanes) is 1. The number of carbonyl (C=O) groups excluding carboxylic acids is 3. The Bertz CT molecular complexity index is 1300. The molecule has 0 aliphatic heterocycles. The highest BCUT2D eigenvalue weighted by atomic mass is 16.6. The second-order valence-corrected chi connectivity index (χ2v) is 10.4. The first-order valence-corrected chi connectivity index (χ1v) is 13.9. The summed E-state index contributed by atoms with van der Waals surface area (Å²) in [7, 11) is 0. The smallest absolute Gasteiger partial charge is 0.338 e. The quantitative estimate of drug-likeness (QED) is 0.0786. The van der Waals surface area contributed by atoms with Crippen LogP contribution in [0.4, 0.5) is 0 Å². The number of hydrogen-bond donors (Lipinski definition) is 7. The first-order chi connectivity index (χ1) is 20.8. The van der Waals surface area contributed by atoms with Gasteiger partial charge in [-0.05, 0) is 54.0 Å². The topological polar surface area (TPSA) is 221 Å². The predicted octanol–water partition coefficient (Wildman–Crippen LogP) is 2.04. The third-order valence-corrected chi connectivity index (χ3v) is 6.87. The van der Waals surface area contributed by atoms with E-state index < -0.39 is 78.9 Å². The first-order valence-electron chi connectivity index (χ1n) is 13.9. The van der Waals surface area contributed by atoms with Crippen molar-refractivity contribution >= 4 is 30.1 Å². The van der Waals surface area contributed by atoms with Crippen LogP contribution in [-0.4, -0.2) is 90.3 Å². The summed E-state index contributed by atoms with van der Waals surface area (Å²) in [5.41, 5.74) is -1.73. The van der Waals surface area contributed by atoms with Crippen LogP contribution < -0.4 is 0 Å². The van der Waals surface area contributed by atoms with Gasteiger partial charge in [-0.2, -0.15) is 0 Å². The Labute approximate surface area is 252 Å². The molecular weight excluding hydrogens is 580 g/mol. The number of aliphatic hydroxyl groups is 3. The van der Waals surface area contributed by atoms with E-state index in [1.807, 2.05) is 6.92 Å². The summed E-state index contributed by atoms with van der Waals surface area (Å²) in [6, 6.07) is 7.57. The second-order valence-electron chi connectivity index (χ2n) is 10.4. The molecule has 1 aliphatic carbocycles. The number of phenolic OH excluding ortho intramolecular Hbond substituents is 4. The highest BCUT2D eigenvalue weighted by molar-refractivity contribution is 5.88. The molecule has 2 aromatic rings.